The molecule has 6 nitrogen and oxygen atoms in total. The van der Waals surface area contributed by atoms with Crippen molar-refractivity contribution in [3.05, 3.63) is 40.9 Å². The number of aromatic nitrogens is 2. The first-order valence-electron chi connectivity index (χ1n) is 4.79. The molecule has 0 aliphatic heterocycles. The summed E-state index contributed by atoms with van der Waals surface area (Å²) in [5.74, 6) is 0.248. The van der Waals surface area contributed by atoms with Gasteiger partial charge < -0.3 is 19.6 Å². The number of hydrogen-bond donors (Lipinski definition) is 2. The van der Waals surface area contributed by atoms with E-state index >= 15 is 0 Å². The highest BCUT2D eigenvalue weighted by molar-refractivity contribution is 5.38. The third kappa shape index (κ3) is 2.36. The van der Waals surface area contributed by atoms with Gasteiger partial charge in [0.1, 0.15) is 11.5 Å². The van der Waals surface area contributed by atoms with Gasteiger partial charge in [-0.1, -0.05) is 6.07 Å². The van der Waals surface area contributed by atoms with Crippen LogP contribution in [0.2, 0.25) is 0 Å². The van der Waals surface area contributed by atoms with Crippen molar-refractivity contribution in [3.8, 4) is 23.1 Å². The predicted octanol–water partition coefficient (Wildman–Crippen LogP) is 1.28. The van der Waals surface area contributed by atoms with E-state index in [-0.39, 0.29) is 5.75 Å². The van der Waals surface area contributed by atoms with E-state index in [9.17, 15) is 9.90 Å². The van der Waals surface area contributed by atoms with E-state index in [0.717, 1.165) is 6.33 Å². The summed E-state index contributed by atoms with van der Waals surface area (Å²) in [6, 6.07) is 6.66. The number of methoxy groups -OCH3 is 1. The standard InChI is InChI=1S/C11H10N2O4/c1-16-7-3-2-4-8(5-7)17-9-10(14)12-6-13-11(9)15/h2-6H,1H3,(H2,12,13,14,15). The number of ether oxygens (including phenoxy) is 2. The Morgan fingerprint density at radius 1 is 1.35 bits per heavy atom. The number of H-pyrrole nitrogens is 1. The highest BCUT2D eigenvalue weighted by Gasteiger charge is 2.10. The summed E-state index contributed by atoms with van der Waals surface area (Å²) in [5, 5.41) is 9.39. The van der Waals surface area contributed by atoms with Gasteiger partial charge >= 0.3 is 0 Å². The first-order chi connectivity index (χ1) is 8.20. The van der Waals surface area contributed by atoms with Crippen molar-refractivity contribution in [2.75, 3.05) is 7.11 Å². The second kappa shape index (κ2) is 4.56. The van der Waals surface area contributed by atoms with Gasteiger partial charge in [-0.05, 0) is 12.1 Å². The summed E-state index contributed by atoms with van der Waals surface area (Å²) in [6.07, 6.45) is 1.09. The van der Waals surface area contributed by atoms with Crippen molar-refractivity contribution in [1.29, 1.82) is 0 Å². The van der Waals surface area contributed by atoms with Gasteiger partial charge in [-0.2, -0.15) is 0 Å². The quantitative estimate of drug-likeness (QED) is 0.835. The van der Waals surface area contributed by atoms with Crippen molar-refractivity contribution in [2.45, 2.75) is 0 Å². The Hall–Kier alpha value is -2.50. The maximum atomic E-state index is 11.4. The van der Waals surface area contributed by atoms with Crippen molar-refractivity contribution in [3.63, 3.8) is 0 Å². The smallest absolute Gasteiger partial charge is 0.297 e. The Balaban J connectivity index is 2.34. The molecule has 1 aromatic carbocycles. The van der Waals surface area contributed by atoms with E-state index in [1.54, 1.807) is 24.3 Å². The normalized spacial score (nSPS) is 9.94. The molecule has 2 N–H and O–H groups in total. The van der Waals surface area contributed by atoms with Crippen LogP contribution in [0.15, 0.2) is 35.4 Å². The molecule has 88 valence electrons. The number of aromatic amines is 1. The molecule has 0 aliphatic carbocycles. The van der Waals surface area contributed by atoms with Gasteiger partial charge in [-0.15, -0.1) is 0 Å². The summed E-state index contributed by atoms with van der Waals surface area (Å²) in [7, 11) is 1.52. The van der Waals surface area contributed by atoms with Gasteiger partial charge in [0.05, 0.1) is 13.4 Å². The minimum atomic E-state index is -0.555. The topological polar surface area (TPSA) is 84.4 Å². The van der Waals surface area contributed by atoms with Crippen LogP contribution in [0.4, 0.5) is 0 Å². The lowest BCUT2D eigenvalue weighted by Gasteiger charge is -2.06. The molecule has 0 saturated heterocycles. The lowest BCUT2D eigenvalue weighted by Crippen LogP contribution is -2.08. The minimum absolute atomic E-state index is 0.249. The van der Waals surface area contributed by atoms with Gasteiger partial charge in [0.25, 0.3) is 17.2 Å². The molecule has 2 rings (SSSR count). The van der Waals surface area contributed by atoms with Gasteiger partial charge in [0.2, 0.25) is 0 Å². The van der Waals surface area contributed by atoms with Crippen LogP contribution >= 0.6 is 0 Å². The molecule has 2 aromatic rings. The molecule has 0 spiro atoms. The fraction of sp³-hybridized carbons (Fsp3) is 0.0909. The molecule has 0 amide bonds. The number of benzene rings is 1. The van der Waals surface area contributed by atoms with Crippen LogP contribution in [-0.4, -0.2) is 22.2 Å². The van der Waals surface area contributed by atoms with Crippen LogP contribution in [0.25, 0.3) is 0 Å². The minimum Gasteiger partial charge on any atom is -0.497 e. The molecule has 6 heteroatoms. The largest absolute Gasteiger partial charge is 0.497 e. The molecule has 0 fully saturated rings. The Kier molecular flexibility index (Phi) is 2.95. The lowest BCUT2D eigenvalue weighted by atomic mass is 10.3. The van der Waals surface area contributed by atoms with Gasteiger partial charge in [-0.25, -0.2) is 4.98 Å². The lowest BCUT2D eigenvalue weighted by molar-refractivity contribution is 0.383. The van der Waals surface area contributed by atoms with E-state index in [2.05, 4.69) is 9.97 Å². The molecule has 1 heterocycles. The first kappa shape index (κ1) is 11.0. The maximum Gasteiger partial charge on any atom is 0.297 e. The van der Waals surface area contributed by atoms with Gasteiger partial charge in [0.15, 0.2) is 0 Å². The number of hydrogen-bond acceptors (Lipinski definition) is 5. The predicted molar refractivity (Wildman–Crippen MR) is 59.6 cm³/mol. The fourth-order valence-corrected chi connectivity index (χ4v) is 1.25. The molecule has 0 saturated carbocycles. The average molecular weight is 234 g/mol. The highest BCUT2D eigenvalue weighted by Crippen LogP contribution is 2.26. The summed E-state index contributed by atoms with van der Waals surface area (Å²) in [6.45, 7) is 0. The molecule has 0 atom stereocenters. The van der Waals surface area contributed by atoms with E-state index < -0.39 is 11.4 Å². The van der Waals surface area contributed by atoms with Crippen LogP contribution in [0, 0.1) is 0 Å². The summed E-state index contributed by atoms with van der Waals surface area (Å²) >= 11 is 0. The van der Waals surface area contributed by atoms with Gasteiger partial charge in [-0.3, -0.25) is 4.79 Å². The molecule has 17 heavy (non-hydrogen) atoms. The highest BCUT2D eigenvalue weighted by atomic mass is 16.5. The molecule has 0 bridgehead atoms. The van der Waals surface area contributed by atoms with E-state index in [0.29, 0.717) is 11.5 Å². The second-order valence-electron chi connectivity index (χ2n) is 3.17. The molecule has 0 unspecified atom stereocenters. The van der Waals surface area contributed by atoms with Crippen LogP contribution < -0.4 is 15.0 Å². The molecule has 0 aliphatic rings. The van der Waals surface area contributed by atoms with E-state index in [1.807, 2.05) is 0 Å². The summed E-state index contributed by atoms with van der Waals surface area (Å²) in [4.78, 5) is 17.2. The number of rotatable bonds is 3. The number of nitrogens with zero attached hydrogens (tertiary/aromatic N) is 1. The van der Waals surface area contributed by atoms with Crippen LogP contribution in [0.5, 0.6) is 23.1 Å². The molecular formula is C11H10N2O4. The zero-order valence-corrected chi connectivity index (χ0v) is 9.01. The van der Waals surface area contributed by atoms with Crippen molar-refractivity contribution >= 4 is 0 Å². The van der Waals surface area contributed by atoms with E-state index in [1.165, 1.54) is 7.11 Å². The molecule has 1 aromatic heterocycles. The Morgan fingerprint density at radius 2 is 2.12 bits per heavy atom. The van der Waals surface area contributed by atoms with Crippen molar-refractivity contribution < 1.29 is 14.6 Å². The monoisotopic (exact) mass is 234 g/mol. The summed E-state index contributed by atoms with van der Waals surface area (Å²) in [5.41, 5.74) is -0.555. The zero-order chi connectivity index (χ0) is 12.3. The molecular weight excluding hydrogens is 224 g/mol. The Bertz CT molecular complexity index is 580. The maximum absolute atomic E-state index is 11.4. The number of aromatic hydroxyl groups is 1. The zero-order valence-electron chi connectivity index (χ0n) is 9.01. The Morgan fingerprint density at radius 3 is 2.82 bits per heavy atom. The fourth-order valence-electron chi connectivity index (χ4n) is 1.25. The third-order valence-corrected chi connectivity index (χ3v) is 2.05. The van der Waals surface area contributed by atoms with Gasteiger partial charge in [0, 0.05) is 6.07 Å². The Labute approximate surface area is 96.5 Å². The van der Waals surface area contributed by atoms with E-state index in [4.69, 9.17) is 9.47 Å². The van der Waals surface area contributed by atoms with Crippen molar-refractivity contribution in [2.24, 2.45) is 0 Å². The third-order valence-electron chi connectivity index (χ3n) is 2.05. The van der Waals surface area contributed by atoms with Crippen LogP contribution in [0.1, 0.15) is 0 Å². The summed E-state index contributed by atoms with van der Waals surface area (Å²) < 4.78 is 10.3. The van der Waals surface area contributed by atoms with Crippen molar-refractivity contribution in [1.82, 2.24) is 9.97 Å². The SMILES string of the molecule is COc1cccc(Oc2c(O)nc[nH]c2=O)c1. The second-order valence-corrected chi connectivity index (χ2v) is 3.17. The van der Waals surface area contributed by atoms with Crippen LogP contribution in [-0.2, 0) is 0 Å². The average Bonchev–Trinajstić information content (AvgIpc) is 2.34. The van der Waals surface area contributed by atoms with Crippen LogP contribution in [0.3, 0.4) is 0 Å². The molecule has 0 radical (unpaired) electrons. The first-order valence-corrected chi connectivity index (χ1v) is 4.79. The number of nitrogens with one attached hydrogen (secondary N) is 1.